The van der Waals surface area contributed by atoms with Crippen LogP contribution in [0, 0.1) is 6.92 Å². The molecule has 2 heterocycles. The zero-order valence-electron chi connectivity index (χ0n) is 11.6. The van der Waals surface area contributed by atoms with Crippen LogP contribution in [0.25, 0.3) is 16.5 Å². The predicted molar refractivity (Wildman–Crippen MR) is 80.7 cm³/mol. The molecule has 0 atom stereocenters. The molecule has 2 aromatic heterocycles. The Balaban J connectivity index is 2.57. The first kappa shape index (κ1) is 13.8. The van der Waals surface area contributed by atoms with Gasteiger partial charge in [-0.25, -0.2) is 4.79 Å². The smallest absolute Gasteiger partial charge is 0.338 e. The maximum atomic E-state index is 12.7. The van der Waals surface area contributed by atoms with E-state index < -0.39 is 11.5 Å². The van der Waals surface area contributed by atoms with Crippen LogP contribution >= 0.6 is 0 Å². The Kier molecular flexibility index (Phi) is 3.14. The van der Waals surface area contributed by atoms with Crippen LogP contribution in [0.3, 0.4) is 0 Å². The van der Waals surface area contributed by atoms with Crippen molar-refractivity contribution in [2.75, 3.05) is 0 Å². The summed E-state index contributed by atoms with van der Waals surface area (Å²) in [6, 6.07) is 7.69. The number of carbonyl (C=O) groups is 1. The van der Waals surface area contributed by atoms with Gasteiger partial charge in [0.25, 0.3) is 5.56 Å². The van der Waals surface area contributed by atoms with Crippen LogP contribution in [0.5, 0.6) is 5.75 Å². The SMILES string of the molecule is Cc1c(C(=O)O)c2cccc(O)c2c(=O)n1-c1cccnc1. The minimum Gasteiger partial charge on any atom is -0.507 e. The normalized spacial score (nSPS) is 10.8. The van der Waals surface area contributed by atoms with Crippen molar-refractivity contribution < 1.29 is 15.0 Å². The minimum atomic E-state index is -1.16. The third kappa shape index (κ3) is 1.93. The van der Waals surface area contributed by atoms with Gasteiger partial charge in [0, 0.05) is 17.3 Å². The van der Waals surface area contributed by atoms with E-state index in [0.29, 0.717) is 5.69 Å². The second-order valence-electron chi connectivity index (χ2n) is 4.82. The Hall–Kier alpha value is -3.15. The van der Waals surface area contributed by atoms with Gasteiger partial charge in [0.2, 0.25) is 0 Å². The Morgan fingerprint density at radius 1 is 1.23 bits per heavy atom. The number of hydrogen-bond donors (Lipinski definition) is 2. The summed E-state index contributed by atoms with van der Waals surface area (Å²) in [6.07, 6.45) is 3.02. The fraction of sp³-hybridized carbons (Fsp3) is 0.0625. The number of hydrogen-bond acceptors (Lipinski definition) is 4. The van der Waals surface area contributed by atoms with E-state index in [0.717, 1.165) is 0 Å². The number of aromatic hydroxyl groups is 1. The number of pyridine rings is 2. The lowest BCUT2D eigenvalue weighted by atomic mass is 10.0. The van der Waals surface area contributed by atoms with Gasteiger partial charge in [-0.15, -0.1) is 0 Å². The summed E-state index contributed by atoms with van der Waals surface area (Å²) < 4.78 is 1.25. The lowest BCUT2D eigenvalue weighted by molar-refractivity contribution is 0.0697. The van der Waals surface area contributed by atoms with Crippen molar-refractivity contribution in [2.45, 2.75) is 6.92 Å². The predicted octanol–water partition coefficient (Wildman–Crippen LogP) is 2.10. The molecule has 0 saturated heterocycles. The number of phenolic OH excluding ortho intramolecular Hbond substituents is 1. The molecule has 3 aromatic rings. The summed E-state index contributed by atoms with van der Waals surface area (Å²) in [7, 11) is 0. The highest BCUT2D eigenvalue weighted by atomic mass is 16.4. The quantitative estimate of drug-likeness (QED) is 0.755. The molecular formula is C16H12N2O4. The lowest BCUT2D eigenvalue weighted by Crippen LogP contribution is -2.24. The summed E-state index contributed by atoms with van der Waals surface area (Å²) in [5.41, 5.74) is 0.221. The Morgan fingerprint density at radius 2 is 2.00 bits per heavy atom. The molecule has 0 spiro atoms. The van der Waals surface area contributed by atoms with Crippen LogP contribution in [-0.2, 0) is 0 Å². The van der Waals surface area contributed by atoms with Gasteiger partial charge < -0.3 is 10.2 Å². The summed E-state index contributed by atoms with van der Waals surface area (Å²) in [4.78, 5) is 28.3. The van der Waals surface area contributed by atoms with E-state index in [1.54, 1.807) is 25.3 Å². The third-order valence-corrected chi connectivity index (χ3v) is 3.54. The van der Waals surface area contributed by atoms with Crippen molar-refractivity contribution in [2.24, 2.45) is 0 Å². The maximum absolute atomic E-state index is 12.7. The summed E-state index contributed by atoms with van der Waals surface area (Å²) >= 11 is 0. The molecule has 0 aliphatic carbocycles. The number of fused-ring (bicyclic) bond motifs is 1. The molecule has 0 aliphatic heterocycles. The number of carboxylic acid groups (broad SMARTS) is 1. The Labute approximate surface area is 124 Å². The summed E-state index contributed by atoms with van der Waals surface area (Å²) in [5.74, 6) is -1.41. The van der Waals surface area contributed by atoms with Crippen LogP contribution in [0.15, 0.2) is 47.5 Å². The van der Waals surface area contributed by atoms with Gasteiger partial charge in [-0.1, -0.05) is 12.1 Å². The van der Waals surface area contributed by atoms with Crippen molar-refractivity contribution in [1.29, 1.82) is 0 Å². The maximum Gasteiger partial charge on any atom is 0.338 e. The van der Waals surface area contributed by atoms with Crippen molar-refractivity contribution in [3.63, 3.8) is 0 Å². The van der Waals surface area contributed by atoms with Crippen LogP contribution in [0.4, 0.5) is 0 Å². The molecule has 0 amide bonds. The van der Waals surface area contributed by atoms with Gasteiger partial charge in [0.05, 0.1) is 22.8 Å². The van der Waals surface area contributed by atoms with Gasteiger partial charge in [0.15, 0.2) is 0 Å². The number of benzene rings is 1. The molecule has 0 fully saturated rings. The van der Waals surface area contributed by atoms with Crippen LogP contribution in [0.2, 0.25) is 0 Å². The van der Waals surface area contributed by atoms with Crippen molar-refractivity contribution in [3.8, 4) is 11.4 Å². The zero-order chi connectivity index (χ0) is 15.9. The van der Waals surface area contributed by atoms with E-state index in [1.165, 1.54) is 29.0 Å². The molecular weight excluding hydrogens is 284 g/mol. The van der Waals surface area contributed by atoms with Crippen LogP contribution in [-0.4, -0.2) is 25.7 Å². The molecule has 0 aliphatic rings. The summed E-state index contributed by atoms with van der Waals surface area (Å²) in [5, 5.41) is 19.7. The fourth-order valence-electron chi connectivity index (χ4n) is 2.61. The average molecular weight is 296 g/mol. The number of aromatic carboxylic acids is 1. The molecule has 0 bridgehead atoms. The summed E-state index contributed by atoms with van der Waals surface area (Å²) in [6.45, 7) is 1.56. The highest BCUT2D eigenvalue weighted by molar-refractivity contribution is 6.06. The molecule has 0 unspecified atom stereocenters. The Bertz CT molecular complexity index is 946. The molecule has 6 nitrogen and oxygen atoms in total. The highest BCUT2D eigenvalue weighted by Crippen LogP contribution is 2.27. The van der Waals surface area contributed by atoms with Gasteiger partial charge in [-0.2, -0.15) is 0 Å². The third-order valence-electron chi connectivity index (χ3n) is 3.54. The molecule has 6 heteroatoms. The topological polar surface area (TPSA) is 92.4 Å². The molecule has 3 rings (SSSR count). The number of nitrogens with zero attached hydrogens (tertiary/aromatic N) is 2. The first-order valence-electron chi connectivity index (χ1n) is 6.53. The van der Waals surface area contributed by atoms with Gasteiger partial charge in [0.1, 0.15) is 5.75 Å². The van der Waals surface area contributed by atoms with Crippen molar-refractivity contribution in [3.05, 3.63) is 64.3 Å². The number of aromatic nitrogens is 2. The largest absolute Gasteiger partial charge is 0.507 e. The van der Waals surface area contributed by atoms with E-state index >= 15 is 0 Å². The first-order valence-corrected chi connectivity index (χ1v) is 6.53. The first-order chi connectivity index (χ1) is 10.5. The molecule has 1 aromatic carbocycles. The Morgan fingerprint density at radius 3 is 2.64 bits per heavy atom. The lowest BCUT2D eigenvalue weighted by Gasteiger charge is -2.15. The van der Waals surface area contributed by atoms with E-state index in [1.807, 2.05) is 0 Å². The molecule has 0 radical (unpaired) electrons. The standard InChI is InChI=1S/C16H12N2O4/c1-9-13(16(21)22)11-5-2-6-12(19)14(11)15(20)18(9)10-4-3-7-17-8-10/h2-8,19H,1H3,(H,21,22). The van der Waals surface area contributed by atoms with E-state index in [-0.39, 0.29) is 27.8 Å². The van der Waals surface area contributed by atoms with Crippen LogP contribution < -0.4 is 5.56 Å². The second kappa shape index (κ2) is 5.00. The molecule has 22 heavy (non-hydrogen) atoms. The fourth-order valence-corrected chi connectivity index (χ4v) is 2.61. The van der Waals surface area contributed by atoms with Gasteiger partial charge >= 0.3 is 5.97 Å². The number of phenols is 1. The monoisotopic (exact) mass is 296 g/mol. The van der Waals surface area contributed by atoms with Crippen molar-refractivity contribution in [1.82, 2.24) is 9.55 Å². The van der Waals surface area contributed by atoms with Crippen LogP contribution in [0.1, 0.15) is 16.1 Å². The molecule has 110 valence electrons. The number of rotatable bonds is 2. The van der Waals surface area contributed by atoms with E-state index in [4.69, 9.17) is 0 Å². The second-order valence-corrected chi connectivity index (χ2v) is 4.82. The molecule has 2 N–H and O–H groups in total. The minimum absolute atomic E-state index is 0.0191. The highest BCUT2D eigenvalue weighted by Gasteiger charge is 2.21. The van der Waals surface area contributed by atoms with Gasteiger partial charge in [-0.3, -0.25) is 14.3 Å². The van der Waals surface area contributed by atoms with Gasteiger partial charge in [-0.05, 0) is 25.1 Å². The molecule has 0 saturated carbocycles. The zero-order valence-corrected chi connectivity index (χ0v) is 11.6. The average Bonchev–Trinajstić information content (AvgIpc) is 2.48. The van der Waals surface area contributed by atoms with E-state index in [2.05, 4.69) is 4.98 Å². The number of carboxylic acids is 1. The van der Waals surface area contributed by atoms with Crippen molar-refractivity contribution >= 4 is 16.7 Å². The van der Waals surface area contributed by atoms with E-state index in [9.17, 15) is 19.8 Å².